The molecule has 0 aromatic carbocycles. The number of β-lactam (4-membered cyclic amide) rings is 1. The smallest absolute Gasteiger partial charge is 0.352 e. The molecule has 0 spiro atoms. The van der Waals surface area contributed by atoms with E-state index in [1.54, 1.807) is 0 Å². The second-order valence-electron chi connectivity index (χ2n) is 7.89. The highest BCUT2D eigenvalue weighted by molar-refractivity contribution is 8.00. The molecule has 2 aliphatic rings. The number of unbranched alkanes of at least 4 members (excludes halogenated alkanes) is 1. The van der Waals surface area contributed by atoms with Gasteiger partial charge < -0.3 is 20.6 Å². The maximum Gasteiger partial charge on any atom is 0.352 e. The van der Waals surface area contributed by atoms with Crippen molar-refractivity contribution in [1.82, 2.24) is 15.2 Å². The second-order valence-corrected chi connectivity index (χ2v) is 9.90. The van der Waals surface area contributed by atoms with E-state index in [0.717, 1.165) is 31.2 Å². The Balaban J connectivity index is 1.52. The molecule has 0 saturated carbocycles. The van der Waals surface area contributed by atoms with Gasteiger partial charge in [-0.2, -0.15) is 0 Å². The summed E-state index contributed by atoms with van der Waals surface area (Å²) in [5, 5.41) is 20.1. The minimum absolute atomic E-state index is 0.0571. The monoisotopic (exact) mass is 509 g/mol. The Bertz CT molecular complexity index is 981. The number of fused-ring (bicyclic) bond motifs is 1. The van der Waals surface area contributed by atoms with Gasteiger partial charge in [0.25, 0.3) is 11.8 Å². The van der Waals surface area contributed by atoms with Crippen LogP contribution in [0.1, 0.15) is 51.1 Å². The van der Waals surface area contributed by atoms with E-state index in [9.17, 15) is 24.3 Å². The first kappa shape index (κ1) is 25.7. The van der Waals surface area contributed by atoms with E-state index in [4.69, 9.17) is 4.84 Å². The number of oxime groups is 1. The van der Waals surface area contributed by atoms with Gasteiger partial charge in [-0.1, -0.05) is 25.4 Å². The summed E-state index contributed by atoms with van der Waals surface area (Å²) in [5.74, 6) is -1.71. The molecule has 3 amide bonds. The number of nitrogens with zero attached hydrogens (tertiary/aromatic N) is 3. The van der Waals surface area contributed by atoms with Crippen molar-refractivity contribution < 1.29 is 29.1 Å². The van der Waals surface area contributed by atoms with E-state index in [2.05, 4.69) is 27.7 Å². The average molecular weight is 510 g/mol. The highest BCUT2D eigenvalue weighted by atomic mass is 32.2. The number of thioether (sulfide) groups is 1. The van der Waals surface area contributed by atoms with Gasteiger partial charge in [-0.15, -0.1) is 23.1 Å². The minimum Gasteiger partial charge on any atom is -0.477 e. The topological polar surface area (TPSA) is 150 Å². The molecule has 1 aromatic heterocycles. The van der Waals surface area contributed by atoms with Gasteiger partial charge in [0.15, 0.2) is 5.13 Å². The van der Waals surface area contributed by atoms with Crippen LogP contribution in [-0.4, -0.2) is 68.7 Å². The number of hydrogen-bond acceptors (Lipinski definition) is 9. The van der Waals surface area contributed by atoms with Gasteiger partial charge in [0.1, 0.15) is 29.4 Å². The van der Waals surface area contributed by atoms with Crippen LogP contribution in [0, 0.1) is 0 Å². The quantitative estimate of drug-likeness (QED) is 0.158. The summed E-state index contributed by atoms with van der Waals surface area (Å²) in [6.45, 7) is 4.08. The first-order chi connectivity index (χ1) is 16.3. The Hall–Kier alpha value is -2.93. The van der Waals surface area contributed by atoms with Crippen LogP contribution in [0.2, 0.25) is 0 Å². The zero-order chi connectivity index (χ0) is 24.7. The SMILES string of the molecule is CCCCC(CC(C)c1csc(NC=O)n1)ON=CC(=O)NC1C(=O)N2C(C(=O)O)=CCS[C@H]12. The van der Waals surface area contributed by atoms with E-state index in [1.807, 2.05) is 12.3 Å². The Labute approximate surface area is 205 Å². The van der Waals surface area contributed by atoms with Crippen molar-refractivity contribution >= 4 is 58.6 Å². The highest BCUT2D eigenvalue weighted by Gasteiger charge is 2.52. The van der Waals surface area contributed by atoms with Crippen LogP contribution in [0.3, 0.4) is 0 Å². The van der Waals surface area contributed by atoms with E-state index in [0.29, 0.717) is 23.7 Å². The number of anilines is 1. The first-order valence-corrected chi connectivity index (χ1v) is 12.8. The molecule has 2 aliphatic heterocycles. The third-order valence-electron chi connectivity index (χ3n) is 5.45. The summed E-state index contributed by atoms with van der Waals surface area (Å²) in [6.07, 6.45) is 6.12. The van der Waals surface area contributed by atoms with Crippen LogP contribution in [0.15, 0.2) is 22.3 Å². The molecule has 0 aliphatic carbocycles. The number of hydrogen-bond donors (Lipinski definition) is 3. The van der Waals surface area contributed by atoms with E-state index >= 15 is 0 Å². The third-order valence-corrected chi connectivity index (χ3v) is 7.42. The predicted octanol–water partition coefficient (Wildman–Crippen LogP) is 2.13. The lowest BCUT2D eigenvalue weighted by molar-refractivity contribution is -0.150. The fraction of sp³-hybridized carbons (Fsp3) is 0.524. The maximum absolute atomic E-state index is 12.3. The molecule has 3 heterocycles. The summed E-state index contributed by atoms with van der Waals surface area (Å²) in [6, 6.07) is -0.804. The van der Waals surface area contributed by atoms with Gasteiger partial charge in [-0.25, -0.2) is 9.78 Å². The normalized spacial score (nSPS) is 21.2. The van der Waals surface area contributed by atoms with Gasteiger partial charge in [0, 0.05) is 17.1 Å². The molecular weight excluding hydrogens is 482 g/mol. The Morgan fingerprint density at radius 3 is 2.97 bits per heavy atom. The molecule has 11 nitrogen and oxygen atoms in total. The fourth-order valence-corrected chi connectivity index (χ4v) is 5.67. The molecule has 3 unspecified atom stereocenters. The van der Waals surface area contributed by atoms with Gasteiger partial charge >= 0.3 is 5.97 Å². The van der Waals surface area contributed by atoms with Crippen LogP contribution >= 0.6 is 23.1 Å². The number of aromatic nitrogens is 1. The Kier molecular flexibility index (Phi) is 9.05. The lowest BCUT2D eigenvalue weighted by Gasteiger charge is -2.48. The molecular formula is C21H27N5O6S2. The lowest BCUT2D eigenvalue weighted by Crippen LogP contribution is -2.70. The fourth-order valence-electron chi connectivity index (χ4n) is 3.68. The van der Waals surface area contributed by atoms with Crippen molar-refractivity contribution in [2.24, 2.45) is 5.16 Å². The molecule has 3 N–H and O–H groups in total. The molecule has 3 rings (SSSR count). The van der Waals surface area contributed by atoms with Crippen molar-refractivity contribution in [2.45, 2.75) is 63.0 Å². The number of carboxylic acid groups (broad SMARTS) is 1. The minimum atomic E-state index is -1.17. The summed E-state index contributed by atoms with van der Waals surface area (Å²) < 4.78 is 0. The number of nitrogens with one attached hydrogen (secondary N) is 2. The Morgan fingerprint density at radius 1 is 1.47 bits per heavy atom. The van der Waals surface area contributed by atoms with Crippen molar-refractivity contribution in [1.29, 1.82) is 0 Å². The van der Waals surface area contributed by atoms with Crippen LogP contribution in [0.4, 0.5) is 5.13 Å². The standard InChI is InChI=1S/C21H27N5O6S2/c1-3-4-5-13(8-12(2)14-10-34-21(24-14)22-11-27)32-23-9-16(28)25-17-18(29)26-15(20(30)31)6-7-33-19(17)26/h6,9-13,17,19H,3-5,7-8H2,1-2H3,(H,25,28)(H,30,31)(H,22,24,27)/t12?,13?,17?,19-/m1/s1. The van der Waals surface area contributed by atoms with Gasteiger partial charge in [0.05, 0.1) is 5.69 Å². The molecule has 0 radical (unpaired) electrons. The zero-order valence-electron chi connectivity index (χ0n) is 18.8. The average Bonchev–Trinajstić information content (AvgIpc) is 3.29. The van der Waals surface area contributed by atoms with E-state index < -0.39 is 29.2 Å². The number of amides is 3. The Morgan fingerprint density at radius 2 is 2.26 bits per heavy atom. The summed E-state index contributed by atoms with van der Waals surface area (Å²) in [5.41, 5.74) is 0.785. The zero-order valence-corrected chi connectivity index (χ0v) is 20.4. The summed E-state index contributed by atoms with van der Waals surface area (Å²) >= 11 is 2.73. The number of carboxylic acids is 1. The molecule has 34 heavy (non-hydrogen) atoms. The molecule has 4 atom stereocenters. The molecule has 184 valence electrons. The summed E-state index contributed by atoms with van der Waals surface area (Å²) in [4.78, 5) is 57.7. The number of thiazole rings is 1. The van der Waals surface area contributed by atoms with Crippen molar-refractivity contribution in [3.05, 3.63) is 22.8 Å². The van der Waals surface area contributed by atoms with E-state index in [1.165, 1.54) is 34.1 Å². The largest absolute Gasteiger partial charge is 0.477 e. The molecule has 0 bridgehead atoms. The van der Waals surface area contributed by atoms with Crippen LogP contribution in [0.5, 0.6) is 0 Å². The predicted molar refractivity (Wildman–Crippen MR) is 128 cm³/mol. The number of carbonyl (C=O) groups is 4. The van der Waals surface area contributed by atoms with Gasteiger partial charge in [-0.05, 0) is 25.3 Å². The molecule has 1 fully saturated rings. The second kappa shape index (κ2) is 12.0. The van der Waals surface area contributed by atoms with Gasteiger partial charge in [0.2, 0.25) is 6.41 Å². The van der Waals surface area contributed by atoms with Crippen LogP contribution < -0.4 is 10.6 Å². The molecule has 13 heteroatoms. The summed E-state index contributed by atoms with van der Waals surface area (Å²) in [7, 11) is 0. The molecule has 1 aromatic rings. The lowest BCUT2D eigenvalue weighted by atomic mass is 9.98. The number of rotatable bonds is 13. The number of carbonyl (C=O) groups excluding carboxylic acids is 3. The first-order valence-electron chi connectivity index (χ1n) is 10.9. The van der Waals surface area contributed by atoms with E-state index in [-0.39, 0.29) is 17.7 Å². The van der Waals surface area contributed by atoms with Gasteiger partial charge in [-0.3, -0.25) is 19.3 Å². The van der Waals surface area contributed by atoms with Crippen LogP contribution in [-0.2, 0) is 24.0 Å². The van der Waals surface area contributed by atoms with Crippen LogP contribution in [0.25, 0.3) is 0 Å². The van der Waals surface area contributed by atoms with Crippen molar-refractivity contribution in [3.8, 4) is 0 Å². The number of aliphatic carboxylic acids is 1. The maximum atomic E-state index is 12.3. The van der Waals surface area contributed by atoms with Crippen molar-refractivity contribution in [3.63, 3.8) is 0 Å². The van der Waals surface area contributed by atoms with Crippen molar-refractivity contribution in [2.75, 3.05) is 11.1 Å². The third kappa shape index (κ3) is 6.14. The highest BCUT2D eigenvalue weighted by Crippen LogP contribution is 2.37. The molecule has 1 saturated heterocycles.